The van der Waals surface area contributed by atoms with Gasteiger partial charge in [-0.2, -0.15) is 0 Å². The van der Waals surface area contributed by atoms with Crippen LogP contribution in [0.3, 0.4) is 0 Å². The molecule has 1 aromatic carbocycles. The second kappa shape index (κ2) is 8.96. The fourth-order valence-corrected chi connectivity index (χ4v) is 11.9. The molecule has 5 saturated carbocycles. The van der Waals surface area contributed by atoms with Crippen LogP contribution in [-0.2, 0) is 11.2 Å². The molecule has 0 amide bonds. The van der Waals surface area contributed by atoms with Gasteiger partial charge < -0.3 is 9.84 Å². The van der Waals surface area contributed by atoms with Crippen molar-refractivity contribution in [2.45, 2.75) is 96.2 Å². The van der Waals surface area contributed by atoms with Crippen molar-refractivity contribution in [1.82, 2.24) is 4.98 Å². The van der Waals surface area contributed by atoms with Gasteiger partial charge in [0.25, 0.3) is 0 Å². The summed E-state index contributed by atoms with van der Waals surface area (Å²) in [5, 5.41) is 11.3. The Labute approximate surface area is 223 Å². The number of nitrogens with zero attached hydrogens (tertiary/aromatic N) is 1. The van der Waals surface area contributed by atoms with E-state index >= 15 is 0 Å². The van der Waals surface area contributed by atoms with Gasteiger partial charge in [0, 0.05) is 12.5 Å². The average molecular weight is 530 g/mol. The molecule has 7 rings (SSSR count). The Balaban J connectivity index is 1.11. The van der Waals surface area contributed by atoms with Crippen LogP contribution in [0.15, 0.2) is 12.1 Å². The number of fused-ring (bicyclic) bond motifs is 5. The zero-order chi connectivity index (χ0) is 25.5. The van der Waals surface area contributed by atoms with Crippen LogP contribution in [0.2, 0.25) is 0 Å². The maximum absolute atomic E-state index is 14.2. The number of hydrogen-bond acceptors (Lipinski definition) is 4. The summed E-state index contributed by atoms with van der Waals surface area (Å²) in [5.41, 5.74) is 0.875. The zero-order valence-electron chi connectivity index (χ0n) is 22.2. The molecule has 6 heteroatoms. The van der Waals surface area contributed by atoms with Crippen molar-refractivity contribution in [3.8, 4) is 0 Å². The number of aromatic nitrogens is 1. The van der Waals surface area contributed by atoms with Crippen LogP contribution in [0.4, 0.5) is 8.78 Å². The summed E-state index contributed by atoms with van der Waals surface area (Å²) in [7, 11) is 1.96. The van der Waals surface area contributed by atoms with E-state index in [-0.39, 0.29) is 11.6 Å². The number of methoxy groups -OCH3 is 1. The Morgan fingerprint density at radius 3 is 2.70 bits per heavy atom. The summed E-state index contributed by atoms with van der Waals surface area (Å²) < 4.78 is 35.1. The summed E-state index contributed by atoms with van der Waals surface area (Å²) in [6.45, 7) is 2.56. The molecule has 2 aromatic rings. The lowest BCUT2D eigenvalue weighted by Crippen LogP contribution is -2.59. The number of benzene rings is 1. The first kappa shape index (κ1) is 24.9. The van der Waals surface area contributed by atoms with Crippen molar-refractivity contribution in [2.75, 3.05) is 7.11 Å². The molecule has 5 aliphatic rings. The van der Waals surface area contributed by atoms with Gasteiger partial charge in [-0.3, -0.25) is 0 Å². The van der Waals surface area contributed by atoms with Gasteiger partial charge >= 0.3 is 0 Å². The summed E-state index contributed by atoms with van der Waals surface area (Å²) in [6.07, 6.45) is 14.4. The van der Waals surface area contributed by atoms with Crippen molar-refractivity contribution >= 4 is 21.6 Å². The fourth-order valence-electron chi connectivity index (χ4n) is 11.0. The molecule has 0 aliphatic heterocycles. The van der Waals surface area contributed by atoms with E-state index in [1.165, 1.54) is 68.8 Å². The van der Waals surface area contributed by atoms with Crippen LogP contribution in [-0.4, -0.2) is 29.4 Å². The van der Waals surface area contributed by atoms with E-state index in [9.17, 15) is 13.9 Å². The Bertz CT molecular complexity index is 1190. The summed E-state index contributed by atoms with van der Waals surface area (Å²) in [4.78, 5) is 4.50. The molecule has 5 fully saturated rings. The van der Waals surface area contributed by atoms with E-state index in [1.54, 1.807) is 6.07 Å². The van der Waals surface area contributed by atoms with Crippen LogP contribution >= 0.6 is 11.3 Å². The molecule has 0 saturated heterocycles. The molecule has 37 heavy (non-hydrogen) atoms. The molecule has 1 unspecified atom stereocenters. The van der Waals surface area contributed by atoms with Gasteiger partial charge in [-0.1, -0.05) is 6.92 Å². The van der Waals surface area contributed by atoms with Crippen LogP contribution in [0.25, 0.3) is 10.2 Å². The van der Waals surface area contributed by atoms with Crippen molar-refractivity contribution in [2.24, 2.45) is 46.3 Å². The number of rotatable bonds is 4. The average Bonchev–Trinajstić information content (AvgIpc) is 3.58. The third-order valence-electron chi connectivity index (χ3n) is 12.5. The first-order chi connectivity index (χ1) is 17.8. The molecular weight excluding hydrogens is 488 g/mol. The SMILES string of the molecule is CO[C@H]1C[C@H]2[C@@H](CC[C@@H]3C[C@H](O)CC[C@@]32C)[C@@H]2CC[C@@H]3C(CCc4nc5c(F)c(F)ccc5s4)CC[C@@]132. The topological polar surface area (TPSA) is 42.4 Å². The molecule has 3 nitrogen and oxygen atoms in total. The minimum atomic E-state index is -0.812. The first-order valence-electron chi connectivity index (χ1n) is 14.8. The number of aryl methyl sites for hydroxylation is 1. The predicted molar refractivity (Wildman–Crippen MR) is 142 cm³/mol. The molecular formula is C31H41F2NO2S. The Morgan fingerprint density at radius 1 is 1.03 bits per heavy atom. The molecule has 10 atom stereocenters. The lowest BCUT2D eigenvalue weighted by molar-refractivity contribution is -0.181. The van der Waals surface area contributed by atoms with Gasteiger partial charge in [0.1, 0.15) is 5.52 Å². The Kier molecular flexibility index (Phi) is 6.03. The van der Waals surface area contributed by atoms with Crippen molar-refractivity contribution in [3.63, 3.8) is 0 Å². The molecule has 1 aromatic heterocycles. The molecule has 1 heterocycles. The number of aliphatic hydroxyl groups is 1. The number of aliphatic hydroxyl groups excluding tert-OH is 1. The van der Waals surface area contributed by atoms with Crippen LogP contribution < -0.4 is 0 Å². The Morgan fingerprint density at radius 2 is 1.86 bits per heavy atom. The lowest BCUT2D eigenvalue weighted by Gasteiger charge is -2.62. The maximum Gasteiger partial charge on any atom is 0.185 e. The molecule has 0 bridgehead atoms. The molecule has 5 aliphatic carbocycles. The fraction of sp³-hybridized carbons (Fsp3) is 0.774. The van der Waals surface area contributed by atoms with Crippen molar-refractivity contribution < 1.29 is 18.6 Å². The molecule has 202 valence electrons. The van der Waals surface area contributed by atoms with Gasteiger partial charge in [-0.15, -0.1) is 11.3 Å². The van der Waals surface area contributed by atoms with Crippen LogP contribution in [0.1, 0.15) is 82.6 Å². The van der Waals surface area contributed by atoms with E-state index in [0.29, 0.717) is 34.7 Å². The van der Waals surface area contributed by atoms with E-state index in [1.807, 2.05) is 7.11 Å². The monoisotopic (exact) mass is 529 g/mol. The number of thiazole rings is 1. The first-order valence-corrected chi connectivity index (χ1v) is 15.6. The minimum absolute atomic E-state index is 0.0971. The van der Waals surface area contributed by atoms with Gasteiger partial charge in [0.05, 0.1) is 21.9 Å². The molecule has 1 spiro atoms. The van der Waals surface area contributed by atoms with E-state index < -0.39 is 11.6 Å². The largest absolute Gasteiger partial charge is 0.393 e. The van der Waals surface area contributed by atoms with Crippen LogP contribution in [0.5, 0.6) is 0 Å². The van der Waals surface area contributed by atoms with Gasteiger partial charge in [-0.05, 0) is 130 Å². The lowest BCUT2D eigenvalue weighted by atomic mass is 9.44. The smallest absolute Gasteiger partial charge is 0.185 e. The predicted octanol–water partition coefficient (Wildman–Crippen LogP) is 7.54. The van der Waals surface area contributed by atoms with E-state index in [4.69, 9.17) is 4.74 Å². The third-order valence-corrected chi connectivity index (χ3v) is 13.6. The quantitative estimate of drug-likeness (QED) is 0.445. The second-order valence-electron chi connectivity index (χ2n) is 13.5. The highest BCUT2D eigenvalue weighted by molar-refractivity contribution is 7.18. The normalized spacial score (nSPS) is 44.9. The highest BCUT2D eigenvalue weighted by Gasteiger charge is 2.67. The highest BCUT2D eigenvalue weighted by Crippen LogP contribution is 2.72. The molecule has 0 radical (unpaired) electrons. The van der Waals surface area contributed by atoms with E-state index in [0.717, 1.165) is 53.1 Å². The van der Waals surface area contributed by atoms with Gasteiger partial charge in [-0.25, -0.2) is 13.8 Å². The maximum atomic E-state index is 14.2. The van der Waals surface area contributed by atoms with Gasteiger partial charge in [0.2, 0.25) is 0 Å². The summed E-state index contributed by atoms with van der Waals surface area (Å²) >= 11 is 1.52. The van der Waals surface area contributed by atoms with Gasteiger partial charge in [0.15, 0.2) is 11.6 Å². The van der Waals surface area contributed by atoms with Crippen molar-refractivity contribution in [3.05, 3.63) is 28.8 Å². The van der Waals surface area contributed by atoms with E-state index in [2.05, 4.69) is 11.9 Å². The van der Waals surface area contributed by atoms with Crippen molar-refractivity contribution in [1.29, 1.82) is 0 Å². The summed E-state index contributed by atoms with van der Waals surface area (Å²) in [5.74, 6) is 2.75. The molecule has 1 N–H and O–H groups in total. The number of halogens is 2. The zero-order valence-corrected chi connectivity index (χ0v) is 23.0. The van der Waals surface area contributed by atoms with Crippen LogP contribution in [0, 0.1) is 58.0 Å². The Hall–Kier alpha value is -1.11. The minimum Gasteiger partial charge on any atom is -0.393 e. The number of hydrogen-bond donors (Lipinski definition) is 1. The third kappa shape index (κ3) is 3.57. The highest BCUT2D eigenvalue weighted by atomic mass is 32.1. The summed E-state index contributed by atoms with van der Waals surface area (Å²) in [6, 6.07) is 2.87. The second-order valence-corrected chi connectivity index (χ2v) is 14.6. The standard InChI is InChI=1S/C31H41F2NO2S/c1-30-13-12-19(35)15-18(30)4-5-20-22-7-6-21-17(11-14-31(21,22)26(36-2)16-23(20)30)3-10-27-34-29-25(37-27)9-8-24(32)28(29)33/h8-9,17-23,26,35H,3-7,10-16H2,1-2H3/t17?,18-,19-,20+,21-,22+,23+,26+,30+,31-/m1/s1. The number of ether oxygens (including phenoxy) is 1.